The second-order valence-corrected chi connectivity index (χ2v) is 6.82. The summed E-state index contributed by atoms with van der Waals surface area (Å²) < 4.78 is 6.93. The molecular weight excluding hydrogens is 404 g/mol. The molecule has 0 radical (unpaired) electrons. The quantitative estimate of drug-likeness (QED) is 0.442. The standard InChI is InChI=1S/C22H19BrN2O2/c23-20-12-10-18(11-13-20)16-27-21-9-5-4-8-19(21)15-24-25-22(26)14-17-6-2-1-3-7-17/h1-13,15H,14,16H2,(H,25,26)/b24-15-. The predicted molar refractivity (Wildman–Crippen MR) is 111 cm³/mol. The molecule has 27 heavy (non-hydrogen) atoms. The molecule has 0 spiro atoms. The number of rotatable bonds is 7. The largest absolute Gasteiger partial charge is 0.488 e. The molecule has 0 bridgehead atoms. The van der Waals surface area contributed by atoms with E-state index in [1.807, 2.05) is 78.9 Å². The molecule has 4 nitrogen and oxygen atoms in total. The Balaban J connectivity index is 1.57. The van der Waals surface area contributed by atoms with Gasteiger partial charge in [-0.3, -0.25) is 4.79 Å². The minimum absolute atomic E-state index is 0.161. The van der Waals surface area contributed by atoms with Gasteiger partial charge < -0.3 is 4.74 Å². The van der Waals surface area contributed by atoms with E-state index in [1.54, 1.807) is 6.21 Å². The number of hydrogen-bond donors (Lipinski definition) is 1. The highest BCUT2D eigenvalue weighted by Crippen LogP contribution is 2.18. The molecule has 0 aliphatic carbocycles. The van der Waals surface area contributed by atoms with E-state index in [2.05, 4.69) is 26.5 Å². The zero-order chi connectivity index (χ0) is 18.9. The number of hydrogen-bond acceptors (Lipinski definition) is 3. The number of nitrogens with one attached hydrogen (secondary N) is 1. The van der Waals surface area contributed by atoms with Crippen LogP contribution in [0.5, 0.6) is 5.75 Å². The number of halogens is 1. The first-order chi connectivity index (χ1) is 13.2. The fourth-order valence-electron chi connectivity index (χ4n) is 2.45. The minimum atomic E-state index is -0.161. The topological polar surface area (TPSA) is 50.7 Å². The van der Waals surface area contributed by atoms with Crippen molar-refractivity contribution >= 4 is 28.1 Å². The molecule has 0 unspecified atom stereocenters. The Labute approximate surface area is 167 Å². The second kappa shape index (κ2) is 9.69. The van der Waals surface area contributed by atoms with E-state index in [1.165, 1.54) is 0 Å². The van der Waals surface area contributed by atoms with Crippen LogP contribution in [0.4, 0.5) is 0 Å². The van der Waals surface area contributed by atoms with Crippen molar-refractivity contribution in [3.05, 3.63) is 100 Å². The van der Waals surface area contributed by atoms with Gasteiger partial charge in [-0.15, -0.1) is 0 Å². The Kier molecular flexibility index (Phi) is 6.77. The molecule has 0 aromatic heterocycles. The average Bonchev–Trinajstić information content (AvgIpc) is 2.69. The Morgan fingerprint density at radius 1 is 0.926 bits per heavy atom. The van der Waals surface area contributed by atoms with E-state index in [0.717, 1.165) is 21.2 Å². The predicted octanol–water partition coefficient (Wildman–Crippen LogP) is 4.72. The molecule has 0 aliphatic heterocycles. The summed E-state index contributed by atoms with van der Waals surface area (Å²) in [5, 5.41) is 4.05. The van der Waals surface area contributed by atoms with Crippen molar-refractivity contribution in [1.29, 1.82) is 0 Å². The van der Waals surface area contributed by atoms with E-state index in [4.69, 9.17) is 4.74 Å². The minimum Gasteiger partial charge on any atom is -0.488 e. The van der Waals surface area contributed by atoms with E-state index in [9.17, 15) is 4.79 Å². The Morgan fingerprint density at radius 2 is 1.63 bits per heavy atom. The number of benzene rings is 3. The third-order valence-electron chi connectivity index (χ3n) is 3.83. The molecule has 0 atom stereocenters. The van der Waals surface area contributed by atoms with Crippen molar-refractivity contribution in [1.82, 2.24) is 5.43 Å². The van der Waals surface area contributed by atoms with Crippen molar-refractivity contribution < 1.29 is 9.53 Å². The highest BCUT2D eigenvalue weighted by molar-refractivity contribution is 9.10. The molecule has 0 aliphatic rings. The van der Waals surface area contributed by atoms with Crippen molar-refractivity contribution in [2.45, 2.75) is 13.0 Å². The number of amides is 1. The van der Waals surface area contributed by atoms with E-state index >= 15 is 0 Å². The van der Waals surface area contributed by atoms with E-state index < -0.39 is 0 Å². The van der Waals surface area contributed by atoms with Gasteiger partial charge in [-0.25, -0.2) is 5.43 Å². The molecule has 136 valence electrons. The highest BCUT2D eigenvalue weighted by atomic mass is 79.9. The molecule has 3 aromatic carbocycles. The van der Waals surface area contributed by atoms with Crippen LogP contribution in [-0.4, -0.2) is 12.1 Å². The van der Waals surface area contributed by atoms with Crippen molar-refractivity contribution in [3.8, 4) is 5.75 Å². The number of carbonyl (C=O) groups is 1. The highest BCUT2D eigenvalue weighted by Gasteiger charge is 2.03. The SMILES string of the molecule is O=C(Cc1ccccc1)N/N=C\c1ccccc1OCc1ccc(Br)cc1. The summed E-state index contributed by atoms with van der Waals surface area (Å²) in [5.41, 5.74) is 5.38. The molecular formula is C22H19BrN2O2. The second-order valence-electron chi connectivity index (χ2n) is 5.91. The molecule has 1 amide bonds. The first-order valence-electron chi connectivity index (χ1n) is 8.53. The number of ether oxygens (including phenoxy) is 1. The lowest BCUT2D eigenvalue weighted by Gasteiger charge is -2.09. The maximum Gasteiger partial charge on any atom is 0.244 e. The number of para-hydroxylation sites is 1. The summed E-state index contributed by atoms with van der Waals surface area (Å²) in [7, 11) is 0. The van der Waals surface area contributed by atoms with Crippen LogP contribution in [0.3, 0.4) is 0 Å². The fourth-order valence-corrected chi connectivity index (χ4v) is 2.72. The van der Waals surface area contributed by atoms with Crippen LogP contribution in [0.25, 0.3) is 0 Å². The maximum absolute atomic E-state index is 12.0. The van der Waals surface area contributed by atoms with E-state index in [0.29, 0.717) is 18.8 Å². The number of hydrazone groups is 1. The van der Waals surface area contributed by atoms with Crippen molar-refractivity contribution in [2.24, 2.45) is 5.10 Å². The summed E-state index contributed by atoms with van der Waals surface area (Å²) in [6.07, 6.45) is 1.89. The zero-order valence-electron chi connectivity index (χ0n) is 14.6. The number of carbonyl (C=O) groups excluding carboxylic acids is 1. The monoisotopic (exact) mass is 422 g/mol. The van der Waals surface area contributed by atoms with Crippen LogP contribution < -0.4 is 10.2 Å². The average molecular weight is 423 g/mol. The van der Waals surface area contributed by atoms with Crippen LogP contribution in [0, 0.1) is 0 Å². The van der Waals surface area contributed by atoms with Gasteiger partial charge in [0.2, 0.25) is 5.91 Å². The lowest BCUT2D eigenvalue weighted by Crippen LogP contribution is -2.19. The van der Waals surface area contributed by atoms with Crippen molar-refractivity contribution in [3.63, 3.8) is 0 Å². The number of nitrogens with zero attached hydrogens (tertiary/aromatic N) is 1. The molecule has 3 rings (SSSR count). The molecule has 1 N–H and O–H groups in total. The summed E-state index contributed by atoms with van der Waals surface area (Å²) in [5.74, 6) is 0.548. The maximum atomic E-state index is 12.0. The molecule has 0 heterocycles. The van der Waals surface area contributed by atoms with Gasteiger partial charge in [0, 0.05) is 10.0 Å². The molecule has 3 aromatic rings. The summed E-state index contributed by atoms with van der Waals surface area (Å²) in [6, 6.07) is 25.1. The normalized spacial score (nSPS) is 10.7. The Hall–Kier alpha value is -2.92. The van der Waals surface area contributed by atoms with Gasteiger partial charge in [0.15, 0.2) is 0 Å². The molecule has 0 saturated carbocycles. The van der Waals surface area contributed by atoms with Crippen LogP contribution in [0.2, 0.25) is 0 Å². The van der Waals surface area contributed by atoms with Gasteiger partial charge in [-0.2, -0.15) is 5.10 Å². The van der Waals surface area contributed by atoms with Crippen LogP contribution in [0.15, 0.2) is 88.4 Å². The molecule has 0 fully saturated rings. The summed E-state index contributed by atoms with van der Waals surface area (Å²) in [4.78, 5) is 12.0. The third-order valence-corrected chi connectivity index (χ3v) is 4.36. The first-order valence-corrected chi connectivity index (χ1v) is 9.32. The summed E-state index contributed by atoms with van der Waals surface area (Å²) >= 11 is 3.42. The smallest absolute Gasteiger partial charge is 0.244 e. The lowest BCUT2D eigenvalue weighted by molar-refractivity contribution is -0.120. The van der Waals surface area contributed by atoms with E-state index in [-0.39, 0.29) is 5.91 Å². The van der Waals surface area contributed by atoms with Gasteiger partial charge in [-0.05, 0) is 35.4 Å². The van der Waals surface area contributed by atoms with Gasteiger partial charge in [-0.1, -0.05) is 70.5 Å². The van der Waals surface area contributed by atoms with Gasteiger partial charge in [0.05, 0.1) is 12.6 Å². The summed E-state index contributed by atoms with van der Waals surface area (Å²) in [6.45, 7) is 0.457. The van der Waals surface area contributed by atoms with Gasteiger partial charge in [0.25, 0.3) is 0 Å². The molecule has 0 saturated heterocycles. The Morgan fingerprint density at radius 3 is 2.41 bits per heavy atom. The van der Waals surface area contributed by atoms with Crippen molar-refractivity contribution in [2.75, 3.05) is 0 Å². The van der Waals surface area contributed by atoms with Gasteiger partial charge >= 0.3 is 0 Å². The zero-order valence-corrected chi connectivity index (χ0v) is 16.2. The van der Waals surface area contributed by atoms with Crippen LogP contribution >= 0.6 is 15.9 Å². The third kappa shape index (κ3) is 6.08. The molecule has 5 heteroatoms. The Bertz CT molecular complexity index is 909. The fraction of sp³-hybridized carbons (Fsp3) is 0.0909. The lowest BCUT2D eigenvalue weighted by atomic mass is 10.1. The van der Waals surface area contributed by atoms with Crippen LogP contribution in [0.1, 0.15) is 16.7 Å². The van der Waals surface area contributed by atoms with Crippen LogP contribution in [-0.2, 0) is 17.8 Å². The first kappa shape index (κ1) is 18.9. The van der Waals surface area contributed by atoms with Gasteiger partial charge in [0.1, 0.15) is 12.4 Å².